The minimum atomic E-state index is -0.181. The third kappa shape index (κ3) is 4.12. The van der Waals surface area contributed by atoms with E-state index in [1.54, 1.807) is 0 Å². The Balaban J connectivity index is 1.71. The quantitative estimate of drug-likeness (QED) is 0.895. The molecule has 2 heterocycles. The van der Waals surface area contributed by atoms with Crippen LogP contribution in [0, 0.1) is 12.8 Å². The van der Waals surface area contributed by atoms with E-state index in [-0.39, 0.29) is 11.9 Å². The molecule has 1 aliphatic heterocycles. The number of benzene rings is 1. The van der Waals surface area contributed by atoms with Crippen LogP contribution in [-0.4, -0.2) is 45.2 Å². The summed E-state index contributed by atoms with van der Waals surface area (Å²) in [6.45, 7) is 12.4. The lowest BCUT2D eigenvalue weighted by Gasteiger charge is -2.22. The second-order valence-electron chi connectivity index (χ2n) is 7.58. The predicted molar refractivity (Wildman–Crippen MR) is 102 cm³/mol. The first-order valence-corrected chi connectivity index (χ1v) is 9.46. The molecule has 26 heavy (non-hydrogen) atoms. The maximum absolute atomic E-state index is 12.6. The van der Waals surface area contributed by atoms with E-state index >= 15 is 0 Å². The fourth-order valence-corrected chi connectivity index (χ4v) is 3.57. The van der Waals surface area contributed by atoms with E-state index < -0.39 is 0 Å². The second-order valence-corrected chi connectivity index (χ2v) is 7.58. The molecule has 6 nitrogen and oxygen atoms in total. The Morgan fingerprint density at radius 2 is 1.92 bits per heavy atom. The summed E-state index contributed by atoms with van der Waals surface area (Å²) in [5.74, 6) is 2.45. The summed E-state index contributed by atoms with van der Waals surface area (Å²) in [4.78, 5) is 15.1. The number of nitrogens with zero attached hydrogens (tertiary/aromatic N) is 4. The lowest BCUT2D eigenvalue weighted by Crippen LogP contribution is -2.32. The Labute approximate surface area is 155 Å². The van der Waals surface area contributed by atoms with E-state index in [9.17, 15) is 4.79 Å². The highest BCUT2D eigenvalue weighted by atomic mass is 16.1. The molecule has 0 saturated carbocycles. The van der Waals surface area contributed by atoms with Crippen LogP contribution in [0.2, 0.25) is 0 Å². The molecule has 0 aliphatic carbocycles. The molecular weight excluding hydrogens is 326 g/mol. The van der Waals surface area contributed by atoms with Gasteiger partial charge in [-0.25, -0.2) is 0 Å². The topological polar surface area (TPSA) is 63.1 Å². The first kappa shape index (κ1) is 18.6. The highest BCUT2D eigenvalue weighted by Crippen LogP contribution is 2.17. The molecule has 1 aromatic carbocycles. The Bertz CT molecular complexity index is 767. The maximum atomic E-state index is 12.6. The highest BCUT2D eigenvalue weighted by Gasteiger charge is 2.23. The standard InChI is InChI=1S/C20H29N5O/c1-14(2)13-24-10-9-18-22-23-19(25(18)12-11-24)16(4)21-20(26)17-8-6-5-7-15(17)3/h5-8,14,16H,9-13H2,1-4H3,(H,21,26)/t16-/m1/s1. The molecule has 140 valence electrons. The average molecular weight is 355 g/mol. The minimum Gasteiger partial charge on any atom is -0.342 e. The number of aromatic nitrogens is 3. The molecule has 0 spiro atoms. The minimum absolute atomic E-state index is 0.0667. The molecule has 3 rings (SSSR count). The normalized spacial score (nSPS) is 16.2. The van der Waals surface area contributed by atoms with Crippen molar-refractivity contribution in [1.82, 2.24) is 25.0 Å². The zero-order valence-corrected chi connectivity index (χ0v) is 16.2. The molecule has 1 amide bonds. The van der Waals surface area contributed by atoms with Gasteiger partial charge >= 0.3 is 0 Å². The largest absolute Gasteiger partial charge is 0.342 e. The van der Waals surface area contributed by atoms with Crippen molar-refractivity contribution in [2.24, 2.45) is 5.92 Å². The molecule has 0 radical (unpaired) electrons. The molecule has 0 bridgehead atoms. The number of nitrogens with one attached hydrogen (secondary N) is 1. The maximum Gasteiger partial charge on any atom is 0.252 e. The number of carbonyl (C=O) groups excluding carboxylic acids is 1. The summed E-state index contributed by atoms with van der Waals surface area (Å²) in [7, 11) is 0. The van der Waals surface area contributed by atoms with E-state index in [0.29, 0.717) is 11.5 Å². The van der Waals surface area contributed by atoms with Crippen LogP contribution in [0.5, 0.6) is 0 Å². The van der Waals surface area contributed by atoms with Gasteiger partial charge in [-0.1, -0.05) is 32.0 Å². The molecule has 0 unspecified atom stereocenters. The van der Waals surface area contributed by atoms with Gasteiger partial charge in [0.1, 0.15) is 5.82 Å². The van der Waals surface area contributed by atoms with Crippen LogP contribution in [0.15, 0.2) is 24.3 Å². The number of amides is 1. The van der Waals surface area contributed by atoms with Crippen LogP contribution >= 0.6 is 0 Å². The van der Waals surface area contributed by atoms with Gasteiger partial charge in [0.05, 0.1) is 6.04 Å². The van der Waals surface area contributed by atoms with Gasteiger partial charge in [-0.15, -0.1) is 10.2 Å². The van der Waals surface area contributed by atoms with Crippen molar-refractivity contribution in [2.75, 3.05) is 19.6 Å². The lowest BCUT2D eigenvalue weighted by atomic mass is 10.1. The van der Waals surface area contributed by atoms with Gasteiger partial charge in [-0.3, -0.25) is 4.79 Å². The summed E-state index contributed by atoms with van der Waals surface area (Å²) < 4.78 is 2.18. The summed E-state index contributed by atoms with van der Waals surface area (Å²) >= 11 is 0. The zero-order chi connectivity index (χ0) is 18.7. The highest BCUT2D eigenvalue weighted by molar-refractivity contribution is 5.95. The SMILES string of the molecule is Cc1ccccc1C(=O)N[C@H](C)c1nnc2n1CCN(CC(C)C)CC2. The van der Waals surface area contributed by atoms with Crippen molar-refractivity contribution in [1.29, 1.82) is 0 Å². The summed E-state index contributed by atoms with van der Waals surface area (Å²) in [5.41, 5.74) is 1.68. The average Bonchev–Trinajstić information content (AvgIpc) is 2.90. The van der Waals surface area contributed by atoms with Crippen molar-refractivity contribution in [3.63, 3.8) is 0 Å². The molecule has 1 aliphatic rings. The van der Waals surface area contributed by atoms with E-state index in [1.165, 1.54) is 0 Å². The van der Waals surface area contributed by atoms with Gasteiger partial charge in [0, 0.05) is 38.2 Å². The number of fused-ring (bicyclic) bond motifs is 1. The predicted octanol–water partition coefficient (Wildman–Crippen LogP) is 2.59. The Hall–Kier alpha value is -2.21. The number of rotatable bonds is 5. The van der Waals surface area contributed by atoms with Gasteiger partial charge in [0.15, 0.2) is 5.82 Å². The molecule has 6 heteroatoms. The van der Waals surface area contributed by atoms with Gasteiger partial charge in [0.25, 0.3) is 5.91 Å². The third-order valence-corrected chi connectivity index (χ3v) is 4.90. The summed E-state index contributed by atoms with van der Waals surface area (Å²) in [6.07, 6.45) is 0.901. The van der Waals surface area contributed by atoms with Gasteiger partial charge in [-0.2, -0.15) is 0 Å². The van der Waals surface area contributed by atoms with Crippen molar-refractivity contribution in [2.45, 2.75) is 46.7 Å². The van der Waals surface area contributed by atoms with Crippen LogP contribution in [0.1, 0.15) is 54.4 Å². The van der Waals surface area contributed by atoms with Crippen molar-refractivity contribution in [3.8, 4) is 0 Å². The Kier molecular flexibility index (Phi) is 5.71. The lowest BCUT2D eigenvalue weighted by molar-refractivity contribution is 0.0937. The smallest absolute Gasteiger partial charge is 0.252 e. The van der Waals surface area contributed by atoms with E-state index in [4.69, 9.17) is 0 Å². The summed E-state index contributed by atoms with van der Waals surface area (Å²) in [5, 5.41) is 11.8. The molecule has 0 fully saturated rings. The first-order chi connectivity index (χ1) is 12.5. The number of carbonyl (C=O) groups is 1. The molecule has 2 aromatic rings. The van der Waals surface area contributed by atoms with Crippen molar-refractivity contribution in [3.05, 3.63) is 47.0 Å². The van der Waals surface area contributed by atoms with E-state index in [2.05, 4.69) is 38.8 Å². The fraction of sp³-hybridized carbons (Fsp3) is 0.550. The van der Waals surface area contributed by atoms with Crippen LogP contribution in [0.3, 0.4) is 0 Å². The van der Waals surface area contributed by atoms with Gasteiger partial charge in [-0.05, 0) is 31.4 Å². The van der Waals surface area contributed by atoms with E-state index in [0.717, 1.165) is 49.8 Å². The molecule has 1 aromatic heterocycles. The monoisotopic (exact) mass is 355 g/mol. The second kappa shape index (κ2) is 7.99. The molecule has 1 atom stereocenters. The Morgan fingerprint density at radius 3 is 2.65 bits per heavy atom. The van der Waals surface area contributed by atoms with Crippen LogP contribution in [-0.2, 0) is 13.0 Å². The van der Waals surface area contributed by atoms with Crippen molar-refractivity contribution < 1.29 is 4.79 Å². The number of hydrogen-bond acceptors (Lipinski definition) is 4. The zero-order valence-electron chi connectivity index (χ0n) is 16.2. The van der Waals surface area contributed by atoms with Crippen molar-refractivity contribution >= 4 is 5.91 Å². The summed E-state index contributed by atoms with van der Waals surface area (Å²) in [6, 6.07) is 7.45. The third-order valence-electron chi connectivity index (χ3n) is 4.90. The van der Waals surface area contributed by atoms with Crippen LogP contribution in [0.4, 0.5) is 0 Å². The van der Waals surface area contributed by atoms with Crippen LogP contribution in [0.25, 0.3) is 0 Å². The molecule has 1 N–H and O–H groups in total. The first-order valence-electron chi connectivity index (χ1n) is 9.46. The van der Waals surface area contributed by atoms with E-state index in [1.807, 2.05) is 38.1 Å². The number of aryl methyl sites for hydroxylation is 1. The molecule has 0 saturated heterocycles. The number of hydrogen-bond donors (Lipinski definition) is 1. The molecular formula is C20H29N5O. The van der Waals surface area contributed by atoms with Crippen LogP contribution < -0.4 is 5.32 Å². The van der Waals surface area contributed by atoms with Gasteiger partial charge in [0.2, 0.25) is 0 Å². The van der Waals surface area contributed by atoms with Gasteiger partial charge < -0.3 is 14.8 Å². The Morgan fingerprint density at radius 1 is 1.15 bits per heavy atom. The fourth-order valence-electron chi connectivity index (χ4n) is 3.57.